The average molecular weight is 539 g/mol. The number of carbonyl (C=O) groups excluding carboxylic acids is 1. The maximum Gasteiger partial charge on any atom is 0.392 e. The molecule has 1 aromatic carbocycles. The summed E-state index contributed by atoms with van der Waals surface area (Å²) in [6.45, 7) is 4.15. The van der Waals surface area contributed by atoms with Gasteiger partial charge in [0.25, 0.3) is 0 Å². The van der Waals surface area contributed by atoms with Gasteiger partial charge in [-0.05, 0) is 54.7 Å². The molecule has 2 amide bonds. The van der Waals surface area contributed by atoms with Gasteiger partial charge in [0.2, 0.25) is 5.88 Å². The van der Waals surface area contributed by atoms with E-state index in [0.717, 1.165) is 0 Å². The Morgan fingerprint density at radius 3 is 2.68 bits per heavy atom. The molecule has 2 N–H and O–H groups in total. The van der Waals surface area contributed by atoms with Crippen molar-refractivity contribution in [3.8, 4) is 17.0 Å². The van der Waals surface area contributed by atoms with E-state index in [4.69, 9.17) is 9.47 Å². The van der Waals surface area contributed by atoms with Crippen LogP contribution in [-0.4, -0.2) is 79.8 Å². The lowest BCUT2D eigenvalue weighted by atomic mass is 10.00. The summed E-state index contributed by atoms with van der Waals surface area (Å²) in [7, 11) is 0. The van der Waals surface area contributed by atoms with Gasteiger partial charge in [0.1, 0.15) is 18.2 Å². The van der Waals surface area contributed by atoms with Crippen LogP contribution >= 0.6 is 0 Å². The molecule has 3 fully saturated rings. The summed E-state index contributed by atoms with van der Waals surface area (Å²) in [5.41, 5.74) is 0.934. The van der Waals surface area contributed by atoms with Crippen molar-refractivity contribution >= 4 is 17.5 Å². The third-order valence-corrected chi connectivity index (χ3v) is 7.59. The first-order valence-electron chi connectivity index (χ1n) is 12.6. The molecule has 38 heavy (non-hydrogen) atoms. The van der Waals surface area contributed by atoms with Gasteiger partial charge in [0, 0.05) is 37.7 Å². The number of aliphatic hydroxyl groups excluding tert-OH is 1. The lowest BCUT2D eigenvalue weighted by Crippen LogP contribution is -2.36. The van der Waals surface area contributed by atoms with Gasteiger partial charge in [-0.3, -0.25) is 0 Å². The topological polar surface area (TPSA) is 87.2 Å². The van der Waals surface area contributed by atoms with Gasteiger partial charge in [-0.15, -0.1) is 0 Å². The number of likely N-dealkylation sites (tertiary alicyclic amines) is 1. The number of rotatable bonds is 6. The van der Waals surface area contributed by atoms with Crippen molar-refractivity contribution in [1.29, 1.82) is 0 Å². The highest BCUT2D eigenvalue weighted by Gasteiger charge is 2.68. The van der Waals surface area contributed by atoms with Crippen molar-refractivity contribution in [2.75, 3.05) is 62.8 Å². The largest absolute Gasteiger partial charge is 0.475 e. The Morgan fingerprint density at radius 1 is 1.24 bits per heavy atom. The molecule has 2 unspecified atom stereocenters. The van der Waals surface area contributed by atoms with Crippen molar-refractivity contribution in [3.63, 3.8) is 0 Å². The molecule has 206 valence electrons. The minimum absolute atomic E-state index is 0.00215. The Bertz CT molecular complexity index is 1200. The number of aromatic nitrogens is 1. The first kappa shape index (κ1) is 26.5. The highest BCUT2D eigenvalue weighted by Crippen LogP contribution is 2.64. The van der Waals surface area contributed by atoms with Gasteiger partial charge in [-0.25, -0.2) is 9.18 Å². The van der Waals surface area contributed by atoms with E-state index in [0.29, 0.717) is 54.7 Å². The molecule has 1 saturated carbocycles. The summed E-state index contributed by atoms with van der Waals surface area (Å²) in [6.07, 6.45) is -3.96. The molecule has 3 aliphatic rings. The molecule has 0 bridgehead atoms. The van der Waals surface area contributed by atoms with E-state index in [1.165, 1.54) is 17.0 Å². The molecule has 3 heterocycles. The van der Waals surface area contributed by atoms with Gasteiger partial charge in [0.05, 0.1) is 31.4 Å². The minimum Gasteiger partial charge on any atom is -0.475 e. The molecule has 12 heteroatoms. The predicted molar refractivity (Wildman–Crippen MR) is 132 cm³/mol. The fourth-order valence-corrected chi connectivity index (χ4v) is 5.43. The molecule has 2 aromatic rings. The summed E-state index contributed by atoms with van der Waals surface area (Å²) in [5, 5.41) is 11.7. The number of nitrogens with one attached hydrogen (secondary N) is 1. The Labute approximate surface area is 217 Å². The van der Waals surface area contributed by atoms with E-state index < -0.39 is 29.4 Å². The number of anilines is 2. The summed E-state index contributed by atoms with van der Waals surface area (Å²) >= 11 is 0. The summed E-state index contributed by atoms with van der Waals surface area (Å²) in [4.78, 5) is 20.8. The summed E-state index contributed by atoms with van der Waals surface area (Å²) < 4.78 is 65.4. The standard InChI is InChI=1S/C26H30F4N4O4/c1-16-10-19(27)20(31-24(36)34-3-2-25(15-34)14-21(25)26(28,29)30)13-18(16)17-11-22(33-4-7-37-8-5-33)32-23(12-17)38-9-6-35/h10-13,21,35H,2-9,14-15H2,1H3,(H,31,36). The fourth-order valence-electron chi connectivity index (χ4n) is 5.43. The number of nitrogens with zero attached hydrogens (tertiary/aromatic N) is 3. The van der Waals surface area contributed by atoms with Crippen LogP contribution in [0.4, 0.5) is 33.9 Å². The lowest BCUT2D eigenvalue weighted by molar-refractivity contribution is -0.155. The molecule has 2 saturated heterocycles. The summed E-state index contributed by atoms with van der Waals surface area (Å²) in [5.74, 6) is -1.10. The Morgan fingerprint density at radius 2 is 2.00 bits per heavy atom. The maximum absolute atomic E-state index is 14.9. The Hall–Kier alpha value is -3.12. The normalized spacial score (nSPS) is 23.2. The van der Waals surface area contributed by atoms with Gasteiger partial charge >= 0.3 is 12.2 Å². The van der Waals surface area contributed by atoms with Gasteiger partial charge < -0.3 is 29.7 Å². The zero-order chi connectivity index (χ0) is 27.1. The second kappa shape index (κ2) is 10.2. The van der Waals surface area contributed by atoms with Crippen LogP contribution in [0.2, 0.25) is 0 Å². The average Bonchev–Trinajstić information content (AvgIpc) is 3.45. The van der Waals surface area contributed by atoms with E-state index in [2.05, 4.69) is 10.3 Å². The Balaban J connectivity index is 1.38. The second-order valence-corrected chi connectivity index (χ2v) is 10.1. The third kappa shape index (κ3) is 5.37. The molecule has 1 spiro atoms. The van der Waals surface area contributed by atoms with Crippen LogP contribution in [-0.2, 0) is 4.74 Å². The minimum atomic E-state index is -4.27. The third-order valence-electron chi connectivity index (χ3n) is 7.59. The zero-order valence-electron chi connectivity index (χ0n) is 21.0. The number of benzene rings is 1. The highest BCUT2D eigenvalue weighted by molar-refractivity contribution is 5.91. The van der Waals surface area contributed by atoms with Crippen LogP contribution in [0.1, 0.15) is 18.4 Å². The summed E-state index contributed by atoms with van der Waals surface area (Å²) in [6, 6.07) is 5.72. The van der Waals surface area contributed by atoms with Crippen molar-refractivity contribution in [2.24, 2.45) is 11.3 Å². The number of alkyl halides is 3. The van der Waals surface area contributed by atoms with Crippen molar-refractivity contribution in [3.05, 3.63) is 35.6 Å². The number of aliphatic hydroxyl groups is 1. The smallest absolute Gasteiger partial charge is 0.392 e. The SMILES string of the molecule is Cc1cc(F)c(NC(=O)N2CCC3(CC3C(F)(F)F)C2)cc1-c1cc(OCCO)nc(N2CCOCC2)c1. The van der Waals surface area contributed by atoms with Crippen molar-refractivity contribution in [1.82, 2.24) is 9.88 Å². The first-order chi connectivity index (χ1) is 18.1. The van der Waals surface area contributed by atoms with Crippen LogP contribution < -0.4 is 15.0 Å². The number of hydrogen-bond donors (Lipinski definition) is 2. The molecule has 5 rings (SSSR count). The van der Waals surface area contributed by atoms with Crippen LogP contribution in [0.25, 0.3) is 11.1 Å². The molecule has 1 aliphatic carbocycles. The monoisotopic (exact) mass is 538 g/mol. The van der Waals surface area contributed by atoms with Crippen molar-refractivity contribution < 1.29 is 36.9 Å². The fraction of sp³-hybridized carbons (Fsp3) is 0.538. The van der Waals surface area contributed by atoms with E-state index in [-0.39, 0.29) is 44.8 Å². The second-order valence-electron chi connectivity index (χ2n) is 10.1. The van der Waals surface area contributed by atoms with Crippen LogP contribution in [0.15, 0.2) is 24.3 Å². The Kier molecular flexibility index (Phi) is 7.12. The number of halogens is 4. The number of pyridine rings is 1. The molecule has 2 aliphatic heterocycles. The molecule has 2 atom stereocenters. The van der Waals surface area contributed by atoms with E-state index in [1.807, 2.05) is 11.0 Å². The highest BCUT2D eigenvalue weighted by atomic mass is 19.4. The van der Waals surface area contributed by atoms with E-state index in [1.54, 1.807) is 13.0 Å². The molecule has 1 aromatic heterocycles. The van der Waals surface area contributed by atoms with Crippen LogP contribution in [0, 0.1) is 24.1 Å². The molecular weight excluding hydrogens is 508 g/mol. The number of morpholine rings is 1. The number of carbonyl (C=O) groups is 1. The number of aryl methyl sites for hydroxylation is 1. The van der Waals surface area contributed by atoms with Gasteiger partial charge in [0.15, 0.2) is 0 Å². The quantitative estimate of drug-likeness (QED) is 0.536. The predicted octanol–water partition coefficient (Wildman–Crippen LogP) is 4.21. The van der Waals surface area contributed by atoms with Gasteiger partial charge in [-0.2, -0.15) is 18.2 Å². The van der Waals surface area contributed by atoms with Gasteiger partial charge in [-0.1, -0.05) is 0 Å². The first-order valence-corrected chi connectivity index (χ1v) is 12.6. The molecular formula is C26H30F4N4O4. The number of ether oxygens (including phenoxy) is 2. The van der Waals surface area contributed by atoms with Crippen LogP contribution in [0.5, 0.6) is 5.88 Å². The number of amides is 2. The maximum atomic E-state index is 14.9. The number of urea groups is 1. The molecule has 8 nitrogen and oxygen atoms in total. The zero-order valence-corrected chi connectivity index (χ0v) is 21.0. The number of hydrogen-bond acceptors (Lipinski definition) is 6. The van der Waals surface area contributed by atoms with E-state index >= 15 is 0 Å². The lowest BCUT2D eigenvalue weighted by Gasteiger charge is -2.28. The molecule has 0 radical (unpaired) electrons. The van der Waals surface area contributed by atoms with Crippen LogP contribution in [0.3, 0.4) is 0 Å². The van der Waals surface area contributed by atoms with Crippen molar-refractivity contribution in [2.45, 2.75) is 25.9 Å². The van der Waals surface area contributed by atoms with E-state index in [9.17, 15) is 27.5 Å².